The highest BCUT2D eigenvalue weighted by Crippen LogP contribution is 2.17. The lowest BCUT2D eigenvalue weighted by molar-refractivity contribution is 0.607. The van der Waals surface area contributed by atoms with Gasteiger partial charge >= 0.3 is 0 Å². The van der Waals surface area contributed by atoms with Gasteiger partial charge in [0, 0.05) is 17.2 Å². The molecule has 90 valence electrons. The normalized spacial score (nSPS) is 10.8. The second-order valence-electron chi connectivity index (χ2n) is 3.80. The molecule has 0 atom stereocenters. The summed E-state index contributed by atoms with van der Waals surface area (Å²) in [5, 5.41) is 7.98. The number of rotatable bonds is 4. The van der Waals surface area contributed by atoms with Crippen molar-refractivity contribution >= 4 is 15.9 Å². The van der Waals surface area contributed by atoms with Crippen molar-refractivity contribution in [2.75, 3.05) is 0 Å². The van der Waals surface area contributed by atoms with E-state index in [0.717, 1.165) is 16.7 Å². The van der Waals surface area contributed by atoms with Crippen molar-refractivity contribution in [2.24, 2.45) is 0 Å². The van der Waals surface area contributed by atoms with Crippen LogP contribution in [0.3, 0.4) is 0 Å². The molecule has 3 nitrogen and oxygen atoms in total. The quantitative estimate of drug-likeness (QED) is 0.869. The average molecular weight is 298 g/mol. The van der Waals surface area contributed by atoms with Crippen LogP contribution in [0, 0.1) is 5.82 Å². The van der Waals surface area contributed by atoms with Gasteiger partial charge in [-0.25, -0.2) is 4.39 Å². The first-order valence-corrected chi connectivity index (χ1v) is 6.31. The van der Waals surface area contributed by atoms with Crippen molar-refractivity contribution in [3.05, 3.63) is 45.9 Å². The molecule has 2 rings (SSSR count). The predicted octanol–water partition coefficient (Wildman–Crippen LogP) is 2.98. The van der Waals surface area contributed by atoms with Crippen molar-refractivity contribution in [1.82, 2.24) is 15.0 Å². The predicted molar refractivity (Wildman–Crippen MR) is 67.2 cm³/mol. The fourth-order valence-electron chi connectivity index (χ4n) is 1.61. The van der Waals surface area contributed by atoms with Crippen molar-refractivity contribution in [3.63, 3.8) is 0 Å². The van der Waals surface area contributed by atoms with E-state index < -0.39 is 0 Å². The Morgan fingerprint density at radius 2 is 2.18 bits per heavy atom. The fourth-order valence-corrected chi connectivity index (χ4v) is 2.01. The number of benzene rings is 1. The third kappa shape index (κ3) is 3.12. The minimum absolute atomic E-state index is 0.170. The molecule has 0 N–H and O–H groups in total. The van der Waals surface area contributed by atoms with Crippen LogP contribution in [0.15, 0.2) is 28.9 Å². The van der Waals surface area contributed by atoms with E-state index in [0.29, 0.717) is 18.4 Å². The first-order chi connectivity index (χ1) is 8.19. The van der Waals surface area contributed by atoms with Crippen LogP contribution < -0.4 is 0 Å². The number of hydrogen-bond acceptors (Lipinski definition) is 2. The molecule has 1 aromatic carbocycles. The molecule has 1 aromatic heterocycles. The van der Waals surface area contributed by atoms with Gasteiger partial charge in [0.1, 0.15) is 5.82 Å². The highest BCUT2D eigenvalue weighted by molar-refractivity contribution is 9.10. The summed E-state index contributed by atoms with van der Waals surface area (Å²) in [5.41, 5.74) is 1.59. The van der Waals surface area contributed by atoms with E-state index in [1.165, 1.54) is 6.07 Å². The summed E-state index contributed by atoms with van der Waals surface area (Å²) < 4.78 is 16.1. The molecule has 1 heterocycles. The Kier molecular flexibility index (Phi) is 3.89. The molecule has 0 aliphatic rings. The van der Waals surface area contributed by atoms with Gasteiger partial charge in [-0.05, 0) is 43.5 Å². The van der Waals surface area contributed by atoms with Gasteiger partial charge in [0.25, 0.3) is 0 Å². The molecular formula is C12H13BrFN3. The van der Waals surface area contributed by atoms with Crippen LogP contribution in [-0.2, 0) is 19.4 Å². The smallest absolute Gasteiger partial charge is 0.126 e. The standard InChI is InChI=1S/C12H13BrFN3/c1-2-17-8-11(15-16-17)5-3-9-7-10(13)4-6-12(9)14/h4,6-8H,2-3,5H2,1H3. The van der Waals surface area contributed by atoms with Crippen LogP contribution in [0.5, 0.6) is 0 Å². The summed E-state index contributed by atoms with van der Waals surface area (Å²) in [6.07, 6.45) is 3.23. The van der Waals surface area contributed by atoms with Crippen LogP contribution in [0.1, 0.15) is 18.2 Å². The number of halogens is 2. The van der Waals surface area contributed by atoms with Gasteiger partial charge in [-0.3, -0.25) is 4.68 Å². The lowest BCUT2D eigenvalue weighted by Crippen LogP contribution is -1.95. The lowest BCUT2D eigenvalue weighted by Gasteiger charge is -2.02. The summed E-state index contributed by atoms with van der Waals surface area (Å²) in [6.45, 7) is 2.81. The van der Waals surface area contributed by atoms with Crippen LogP contribution in [0.2, 0.25) is 0 Å². The topological polar surface area (TPSA) is 30.7 Å². The van der Waals surface area contributed by atoms with Gasteiger partial charge in [-0.2, -0.15) is 0 Å². The zero-order chi connectivity index (χ0) is 12.3. The second-order valence-corrected chi connectivity index (χ2v) is 4.72. The first kappa shape index (κ1) is 12.2. The SMILES string of the molecule is CCn1cc(CCc2cc(Br)ccc2F)nn1. The van der Waals surface area contributed by atoms with Gasteiger partial charge in [-0.1, -0.05) is 21.1 Å². The molecule has 0 unspecified atom stereocenters. The van der Waals surface area contributed by atoms with Crippen LogP contribution >= 0.6 is 15.9 Å². The Bertz CT molecular complexity index is 510. The van der Waals surface area contributed by atoms with E-state index in [-0.39, 0.29) is 5.82 Å². The summed E-state index contributed by atoms with van der Waals surface area (Å²) >= 11 is 3.34. The van der Waals surface area contributed by atoms with E-state index in [1.807, 2.05) is 13.1 Å². The molecule has 2 aromatic rings. The van der Waals surface area contributed by atoms with Gasteiger partial charge in [0.15, 0.2) is 0 Å². The first-order valence-electron chi connectivity index (χ1n) is 5.52. The number of aromatic nitrogens is 3. The largest absolute Gasteiger partial charge is 0.253 e. The van der Waals surface area contributed by atoms with Crippen molar-refractivity contribution < 1.29 is 4.39 Å². The molecule has 0 saturated heterocycles. The molecule has 0 amide bonds. The lowest BCUT2D eigenvalue weighted by atomic mass is 10.1. The Labute approximate surface area is 108 Å². The van der Waals surface area contributed by atoms with E-state index in [2.05, 4.69) is 26.2 Å². The van der Waals surface area contributed by atoms with E-state index >= 15 is 0 Å². The monoisotopic (exact) mass is 297 g/mol. The van der Waals surface area contributed by atoms with Gasteiger partial charge in [0.05, 0.1) is 5.69 Å². The average Bonchev–Trinajstić information content (AvgIpc) is 2.78. The van der Waals surface area contributed by atoms with E-state index in [1.54, 1.807) is 16.8 Å². The van der Waals surface area contributed by atoms with Gasteiger partial charge in [0.2, 0.25) is 0 Å². The molecule has 0 radical (unpaired) electrons. The fraction of sp³-hybridized carbons (Fsp3) is 0.333. The summed E-state index contributed by atoms with van der Waals surface area (Å²) in [7, 11) is 0. The van der Waals surface area contributed by atoms with Gasteiger partial charge < -0.3 is 0 Å². The summed E-state index contributed by atoms with van der Waals surface area (Å²) in [6, 6.07) is 4.98. The zero-order valence-corrected chi connectivity index (χ0v) is 11.1. The maximum absolute atomic E-state index is 13.5. The summed E-state index contributed by atoms with van der Waals surface area (Å²) in [4.78, 5) is 0. The maximum atomic E-state index is 13.5. The molecule has 0 spiro atoms. The molecule has 0 aliphatic heterocycles. The van der Waals surface area contributed by atoms with E-state index in [4.69, 9.17) is 0 Å². The third-order valence-corrected chi connectivity index (χ3v) is 3.06. The van der Waals surface area contributed by atoms with Crippen molar-refractivity contribution in [1.29, 1.82) is 0 Å². The molecule has 0 saturated carbocycles. The Morgan fingerprint density at radius 3 is 2.88 bits per heavy atom. The highest BCUT2D eigenvalue weighted by atomic mass is 79.9. The molecule has 0 bridgehead atoms. The highest BCUT2D eigenvalue weighted by Gasteiger charge is 2.05. The number of hydrogen-bond donors (Lipinski definition) is 0. The van der Waals surface area contributed by atoms with E-state index in [9.17, 15) is 4.39 Å². The van der Waals surface area contributed by atoms with Gasteiger partial charge in [-0.15, -0.1) is 5.10 Å². The van der Waals surface area contributed by atoms with Crippen molar-refractivity contribution in [3.8, 4) is 0 Å². The van der Waals surface area contributed by atoms with Crippen LogP contribution in [0.25, 0.3) is 0 Å². The second kappa shape index (κ2) is 5.40. The molecule has 17 heavy (non-hydrogen) atoms. The summed E-state index contributed by atoms with van der Waals surface area (Å²) in [5.74, 6) is -0.170. The maximum Gasteiger partial charge on any atom is 0.126 e. The van der Waals surface area contributed by atoms with Crippen molar-refractivity contribution in [2.45, 2.75) is 26.3 Å². The third-order valence-electron chi connectivity index (χ3n) is 2.57. The number of nitrogens with zero attached hydrogens (tertiary/aromatic N) is 3. The number of aryl methyl sites for hydroxylation is 3. The minimum atomic E-state index is -0.170. The van der Waals surface area contributed by atoms with Crippen LogP contribution in [0.4, 0.5) is 4.39 Å². The molecular weight excluding hydrogens is 285 g/mol. The Morgan fingerprint density at radius 1 is 1.35 bits per heavy atom. The zero-order valence-electron chi connectivity index (χ0n) is 9.53. The molecule has 0 fully saturated rings. The molecule has 0 aliphatic carbocycles. The Hall–Kier alpha value is -1.23. The van der Waals surface area contributed by atoms with Crippen LogP contribution in [-0.4, -0.2) is 15.0 Å². The Balaban J connectivity index is 2.04. The minimum Gasteiger partial charge on any atom is -0.253 e. The molecule has 5 heteroatoms.